The molecule has 1 saturated carbocycles. The molecule has 7 heteroatoms. The van der Waals surface area contributed by atoms with E-state index in [0.717, 1.165) is 12.8 Å². The first kappa shape index (κ1) is 15.8. The van der Waals surface area contributed by atoms with Gasteiger partial charge in [-0.25, -0.2) is 4.79 Å². The van der Waals surface area contributed by atoms with Crippen molar-refractivity contribution in [3.8, 4) is 0 Å². The molecule has 2 heterocycles. The number of rotatable bonds is 5. The molecular formula is C16H24N4O3. The van der Waals surface area contributed by atoms with E-state index < -0.39 is 0 Å². The Hall–Kier alpha value is -2.05. The minimum atomic E-state index is -0.389. The van der Waals surface area contributed by atoms with Crippen molar-refractivity contribution in [1.29, 1.82) is 0 Å². The topological polar surface area (TPSA) is 76.5 Å². The summed E-state index contributed by atoms with van der Waals surface area (Å²) in [5, 5.41) is 6.97. The normalized spacial score (nSPS) is 22.2. The van der Waals surface area contributed by atoms with Gasteiger partial charge in [-0.15, -0.1) is 0 Å². The van der Waals surface area contributed by atoms with Gasteiger partial charge in [0.25, 0.3) is 0 Å². The van der Waals surface area contributed by atoms with Crippen molar-refractivity contribution in [3.63, 3.8) is 0 Å². The highest BCUT2D eigenvalue weighted by Gasteiger charge is 2.34. The summed E-state index contributed by atoms with van der Waals surface area (Å²) in [7, 11) is 1.78. The molecule has 0 spiro atoms. The standard InChI is InChI=1S/C16H24N4O3/c1-19-15(7-8-18-19)20-11-13(23-16(20)22)10-17-14(21)9-12-5-3-2-4-6-12/h7-8,12-13H,2-6,9-11H2,1H3,(H,17,21). The van der Waals surface area contributed by atoms with Gasteiger partial charge in [0, 0.05) is 19.5 Å². The number of carbonyl (C=O) groups excluding carboxylic acids is 2. The summed E-state index contributed by atoms with van der Waals surface area (Å²) >= 11 is 0. The highest BCUT2D eigenvalue weighted by molar-refractivity contribution is 5.88. The predicted molar refractivity (Wildman–Crippen MR) is 85.0 cm³/mol. The highest BCUT2D eigenvalue weighted by Crippen LogP contribution is 2.26. The maximum atomic E-state index is 12.0. The molecule has 2 aliphatic rings. The molecule has 126 valence electrons. The molecule has 0 aromatic carbocycles. The minimum Gasteiger partial charge on any atom is -0.442 e. The van der Waals surface area contributed by atoms with Gasteiger partial charge in [0.2, 0.25) is 5.91 Å². The summed E-state index contributed by atoms with van der Waals surface area (Å²) in [6.07, 6.45) is 7.59. The lowest BCUT2D eigenvalue weighted by Gasteiger charge is -2.21. The molecule has 2 amide bonds. The van der Waals surface area contributed by atoms with Crippen molar-refractivity contribution in [3.05, 3.63) is 12.3 Å². The van der Waals surface area contributed by atoms with Gasteiger partial charge in [0.15, 0.2) is 0 Å². The second-order valence-electron chi connectivity index (χ2n) is 6.44. The molecule has 1 aromatic heterocycles. The molecule has 1 aromatic rings. The maximum absolute atomic E-state index is 12.0. The van der Waals surface area contributed by atoms with Crippen LogP contribution in [0.25, 0.3) is 0 Å². The first-order valence-corrected chi connectivity index (χ1v) is 8.36. The average Bonchev–Trinajstić information content (AvgIpc) is 3.11. The van der Waals surface area contributed by atoms with Crippen LogP contribution in [0.4, 0.5) is 10.6 Å². The fourth-order valence-corrected chi connectivity index (χ4v) is 3.40. The van der Waals surface area contributed by atoms with Crippen LogP contribution in [-0.4, -0.2) is 41.0 Å². The van der Waals surface area contributed by atoms with Crippen LogP contribution < -0.4 is 10.2 Å². The van der Waals surface area contributed by atoms with Crippen molar-refractivity contribution in [2.24, 2.45) is 13.0 Å². The summed E-state index contributed by atoms with van der Waals surface area (Å²) in [6, 6.07) is 1.77. The molecule has 3 rings (SSSR count). The van der Waals surface area contributed by atoms with E-state index in [-0.39, 0.29) is 18.1 Å². The van der Waals surface area contributed by atoms with E-state index in [1.165, 1.54) is 19.3 Å². The zero-order valence-corrected chi connectivity index (χ0v) is 13.5. The number of aromatic nitrogens is 2. The number of hydrogen-bond acceptors (Lipinski definition) is 4. The van der Waals surface area contributed by atoms with Crippen LogP contribution in [0.15, 0.2) is 12.3 Å². The summed E-state index contributed by atoms with van der Waals surface area (Å²) in [5.74, 6) is 1.28. The number of anilines is 1. The van der Waals surface area contributed by atoms with E-state index in [4.69, 9.17) is 4.74 Å². The number of hydrogen-bond donors (Lipinski definition) is 1. The molecule has 23 heavy (non-hydrogen) atoms. The van der Waals surface area contributed by atoms with Crippen molar-refractivity contribution < 1.29 is 14.3 Å². The fraction of sp³-hybridized carbons (Fsp3) is 0.688. The third-order valence-corrected chi connectivity index (χ3v) is 4.67. The van der Waals surface area contributed by atoms with Gasteiger partial charge in [0.05, 0.1) is 19.3 Å². The number of ether oxygens (including phenoxy) is 1. The molecule has 1 aliphatic heterocycles. The quantitative estimate of drug-likeness (QED) is 0.898. The lowest BCUT2D eigenvalue weighted by Crippen LogP contribution is -2.35. The Morgan fingerprint density at radius 3 is 2.87 bits per heavy atom. The Balaban J connectivity index is 1.45. The molecule has 1 unspecified atom stereocenters. The zero-order valence-electron chi connectivity index (χ0n) is 13.5. The second-order valence-corrected chi connectivity index (χ2v) is 6.44. The summed E-state index contributed by atoms with van der Waals surface area (Å²) < 4.78 is 6.95. The van der Waals surface area contributed by atoms with E-state index in [9.17, 15) is 9.59 Å². The van der Waals surface area contributed by atoms with Crippen LogP contribution in [0.3, 0.4) is 0 Å². The molecule has 0 radical (unpaired) electrons. The second kappa shape index (κ2) is 7.02. The summed E-state index contributed by atoms with van der Waals surface area (Å²) in [5.41, 5.74) is 0. The van der Waals surface area contributed by atoms with Crippen molar-refractivity contribution in [2.75, 3.05) is 18.0 Å². The maximum Gasteiger partial charge on any atom is 0.416 e. The van der Waals surface area contributed by atoms with Crippen LogP contribution in [0, 0.1) is 5.92 Å². The van der Waals surface area contributed by atoms with Crippen LogP contribution in [-0.2, 0) is 16.6 Å². The Labute approximate surface area is 136 Å². The molecule has 1 saturated heterocycles. The average molecular weight is 320 g/mol. The summed E-state index contributed by atoms with van der Waals surface area (Å²) in [6.45, 7) is 0.799. The van der Waals surface area contributed by atoms with E-state index in [1.807, 2.05) is 0 Å². The van der Waals surface area contributed by atoms with Crippen molar-refractivity contribution >= 4 is 17.8 Å². The Morgan fingerprint density at radius 2 is 2.17 bits per heavy atom. The molecule has 0 bridgehead atoms. The van der Waals surface area contributed by atoms with E-state index in [0.29, 0.717) is 31.2 Å². The SMILES string of the molecule is Cn1nccc1N1CC(CNC(=O)CC2CCCCC2)OC1=O. The Morgan fingerprint density at radius 1 is 1.39 bits per heavy atom. The van der Waals surface area contributed by atoms with Crippen molar-refractivity contribution in [2.45, 2.75) is 44.6 Å². The summed E-state index contributed by atoms with van der Waals surface area (Å²) in [4.78, 5) is 25.5. The number of nitrogens with one attached hydrogen (secondary N) is 1. The molecule has 1 N–H and O–H groups in total. The third kappa shape index (κ3) is 3.83. The van der Waals surface area contributed by atoms with Gasteiger partial charge >= 0.3 is 6.09 Å². The number of amides is 2. The lowest BCUT2D eigenvalue weighted by molar-refractivity contribution is -0.122. The largest absolute Gasteiger partial charge is 0.442 e. The highest BCUT2D eigenvalue weighted by atomic mass is 16.6. The monoisotopic (exact) mass is 320 g/mol. The number of nitrogens with zero attached hydrogens (tertiary/aromatic N) is 3. The predicted octanol–water partition coefficient (Wildman–Crippen LogP) is 1.83. The molecule has 1 atom stereocenters. The van der Waals surface area contributed by atoms with Gasteiger partial charge in [-0.1, -0.05) is 19.3 Å². The van der Waals surface area contributed by atoms with E-state index >= 15 is 0 Å². The van der Waals surface area contributed by atoms with Crippen LogP contribution >= 0.6 is 0 Å². The van der Waals surface area contributed by atoms with Gasteiger partial charge in [-0.05, 0) is 18.8 Å². The minimum absolute atomic E-state index is 0.0620. The molecule has 2 fully saturated rings. The van der Waals surface area contributed by atoms with Crippen LogP contribution in [0.2, 0.25) is 0 Å². The number of carbonyl (C=O) groups is 2. The first-order chi connectivity index (χ1) is 11.1. The Bertz CT molecular complexity index is 565. The first-order valence-electron chi connectivity index (χ1n) is 8.36. The van der Waals surface area contributed by atoms with Crippen molar-refractivity contribution in [1.82, 2.24) is 15.1 Å². The zero-order chi connectivity index (χ0) is 16.2. The molecule has 7 nitrogen and oxygen atoms in total. The van der Waals surface area contributed by atoms with Gasteiger partial charge in [-0.2, -0.15) is 5.10 Å². The molecular weight excluding hydrogens is 296 g/mol. The number of cyclic esters (lactones) is 1. The van der Waals surface area contributed by atoms with Gasteiger partial charge < -0.3 is 10.1 Å². The smallest absolute Gasteiger partial charge is 0.416 e. The lowest BCUT2D eigenvalue weighted by atomic mass is 9.87. The van der Waals surface area contributed by atoms with E-state index in [2.05, 4.69) is 10.4 Å². The Kier molecular flexibility index (Phi) is 4.83. The third-order valence-electron chi connectivity index (χ3n) is 4.67. The van der Waals surface area contributed by atoms with Gasteiger partial charge in [0.1, 0.15) is 11.9 Å². The fourth-order valence-electron chi connectivity index (χ4n) is 3.40. The van der Waals surface area contributed by atoms with Gasteiger partial charge in [-0.3, -0.25) is 14.4 Å². The van der Waals surface area contributed by atoms with E-state index in [1.54, 1.807) is 28.9 Å². The number of aryl methyl sites for hydroxylation is 1. The van der Waals surface area contributed by atoms with Crippen LogP contribution in [0.1, 0.15) is 38.5 Å². The van der Waals surface area contributed by atoms with Crippen LogP contribution in [0.5, 0.6) is 0 Å². The molecule has 1 aliphatic carbocycles.